The highest BCUT2D eigenvalue weighted by atomic mass is 16.5. The minimum atomic E-state index is -0.0310. The van der Waals surface area contributed by atoms with E-state index >= 15 is 0 Å². The lowest BCUT2D eigenvalue weighted by molar-refractivity contribution is -0.126. The highest BCUT2D eigenvalue weighted by Gasteiger charge is 2.35. The van der Waals surface area contributed by atoms with Gasteiger partial charge in [-0.1, -0.05) is 6.92 Å². The molecule has 0 radical (unpaired) electrons. The second kappa shape index (κ2) is 7.38. The second-order valence-corrected chi connectivity index (χ2v) is 6.26. The molecule has 2 heterocycles. The predicted octanol–water partition coefficient (Wildman–Crippen LogP) is 0.600. The normalized spacial score (nSPS) is 35.1. The Kier molecular flexibility index (Phi) is 5.81. The SMILES string of the molecule is CCCNC1COCC1C(=O)NC1CCN(C)C(C)C1. The Hall–Kier alpha value is -0.650. The summed E-state index contributed by atoms with van der Waals surface area (Å²) in [6.07, 6.45) is 3.17. The topological polar surface area (TPSA) is 53.6 Å². The van der Waals surface area contributed by atoms with Crippen LogP contribution in [0.1, 0.15) is 33.1 Å². The number of hydrogen-bond acceptors (Lipinski definition) is 4. The van der Waals surface area contributed by atoms with E-state index in [0.717, 1.165) is 32.4 Å². The van der Waals surface area contributed by atoms with E-state index in [0.29, 0.717) is 25.3 Å². The molecule has 20 heavy (non-hydrogen) atoms. The van der Waals surface area contributed by atoms with Gasteiger partial charge in [0, 0.05) is 24.7 Å². The first kappa shape index (κ1) is 15.7. The van der Waals surface area contributed by atoms with Gasteiger partial charge in [0.2, 0.25) is 5.91 Å². The maximum Gasteiger partial charge on any atom is 0.227 e. The van der Waals surface area contributed by atoms with E-state index < -0.39 is 0 Å². The number of likely N-dealkylation sites (tertiary alicyclic amines) is 1. The molecule has 4 unspecified atom stereocenters. The highest BCUT2D eigenvalue weighted by Crippen LogP contribution is 2.18. The Bertz CT molecular complexity index is 324. The van der Waals surface area contributed by atoms with Crippen LogP contribution < -0.4 is 10.6 Å². The molecule has 2 aliphatic rings. The van der Waals surface area contributed by atoms with Crippen molar-refractivity contribution in [3.05, 3.63) is 0 Å². The van der Waals surface area contributed by atoms with Gasteiger partial charge in [-0.3, -0.25) is 4.79 Å². The molecule has 0 spiro atoms. The minimum Gasteiger partial charge on any atom is -0.379 e. The molecule has 0 bridgehead atoms. The molecule has 0 aromatic heterocycles. The largest absolute Gasteiger partial charge is 0.379 e. The molecule has 116 valence electrons. The standard InChI is InChI=1S/C15H29N3O2/c1-4-6-16-14-10-20-9-13(14)15(19)17-12-5-7-18(3)11(2)8-12/h11-14,16H,4-10H2,1-3H3,(H,17,19). The zero-order valence-corrected chi connectivity index (χ0v) is 13.0. The van der Waals surface area contributed by atoms with Crippen LogP contribution in [-0.4, -0.2) is 62.3 Å². The number of carbonyl (C=O) groups is 1. The molecular weight excluding hydrogens is 254 g/mol. The highest BCUT2D eigenvalue weighted by molar-refractivity contribution is 5.80. The van der Waals surface area contributed by atoms with Crippen LogP contribution in [0, 0.1) is 5.92 Å². The van der Waals surface area contributed by atoms with Crippen molar-refractivity contribution in [2.24, 2.45) is 5.92 Å². The minimum absolute atomic E-state index is 0.0310. The summed E-state index contributed by atoms with van der Waals surface area (Å²) >= 11 is 0. The third-order valence-electron chi connectivity index (χ3n) is 4.63. The van der Waals surface area contributed by atoms with Crippen molar-refractivity contribution < 1.29 is 9.53 Å². The van der Waals surface area contributed by atoms with Gasteiger partial charge in [0.05, 0.1) is 19.1 Å². The Morgan fingerprint density at radius 1 is 1.40 bits per heavy atom. The van der Waals surface area contributed by atoms with Gasteiger partial charge in [-0.15, -0.1) is 0 Å². The molecule has 2 aliphatic heterocycles. The van der Waals surface area contributed by atoms with E-state index in [1.54, 1.807) is 0 Å². The number of carbonyl (C=O) groups excluding carboxylic acids is 1. The lowest BCUT2D eigenvalue weighted by atomic mass is 9.96. The van der Waals surface area contributed by atoms with E-state index in [-0.39, 0.29) is 17.9 Å². The van der Waals surface area contributed by atoms with Crippen LogP contribution >= 0.6 is 0 Å². The van der Waals surface area contributed by atoms with Crippen molar-refractivity contribution in [3.8, 4) is 0 Å². The van der Waals surface area contributed by atoms with E-state index in [9.17, 15) is 4.79 Å². The van der Waals surface area contributed by atoms with Gasteiger partial charge >= 0.3 is 0 Å². The summed E-state index contributed by atoms with van der Waals surface area (Å²) in [6.45, 7) is 7.57. The van der Waals surface area contributed by atoms with Crippen molar-refractivity contribution in [1.82, 2.24) is 15.5 Å². The van der Waals surface area contributed by atoms with Crippen LogP contribution in [0.3, 0.4) is 0 Å². The van der Waals surface area contributed by atoms with E-state index in [4.69, 9.17) is 4.74 Å². The van der Waals surface area contributed by atoms with Crippen molar-refractivity contribution >= 4 is 5.91 Å². The molecule has 1 amide bonds. The molecule has 2 saturated heterocycles. The van der Waals surface area contributed by atoms with Crippen molar-refractivity contribution in [2.45, 2.75) is 51.2 Å². The number of ether oxygens (including phenoxy) is 1. The van der Waals surface area contributed by atoms with Gasteiger partial charge in [-0.05, 0) is 39.8 Å². The summed E-state index contributed by atoms with van der Waals surface area (Å²) in [5.74, 6) is 0.134. The summed E-state index contributed by atoms with van der Waals surface area (Å²) in [4.78, 5) is 14.8. The molecule has 0 aliphatic carbocycles. The first-order valence-electron chi connectivity index (χ1n) is 7.93. The van der Waals surface area contributed by atoms with Crippen LogP contribution in [0.25, 0.3) is 0 Å². The zero-order valence-electron chi connectivity index (χ0n) is 13.0. The van der Waals surface area contributed by atoms with Gasteiger partial charge in [0.25, 0.3) is 0 Å². The maximum atomic E-state index is 12.4. The molecule has 4 atom stereocenters. The molecule has 2 fully saturated rings. The number of nitrogens with zero attached hydrogens (tertiary/aromatic N) is 1. The number of rotatable bonds is 5. The summed E-state index contributed by atoms with van der Waals surface area (Å²) < 4.78 is 5.48. The molecule has 2 N–H and O–H groups in total. The number of nitrogens with one attached hydrogen (secondary N) is 2. The van der Waals surface area contributed by atoms with Gasteiger partial charge in [-0.2, -0.15) is 0 Å². The van der Waals surface area contributed by atoms with E-state index in [2.05, 4.69) is 36.4 Å². The van der Waals surface area contributed by atoms with Crippen LogP contribution in [-0.2, 0) is 9.53 Å². The fraction of sp³-hybridized carbons (Fsp3) is 0.933. The summed E-state index contributed by atoms with van der Waals surface area (Å²) in [7, 11) is 2.15. The molecule has 0 saturated carbocycles. The monoisotopic (exact) mass is 283 g/mol. The van der Waals surface area contributed by atoms with Crippen molar-refractivity contribution in [1.29, 1.82) is 0 Å². The zero-order chi connectivity index (χ0) is 14.5. The summed E-state index contributed by atoms with van der Waals surface area (Å²) in [5.41, 5.74) is 0. The summed E-state index contributed by atoms with van der Waals surface area (Å²) in [5, 5.41) is 6.65. The maximum absolute atomic E-state index is 12.4. The Morgan fingerprint density at radius 3 is 2.90 bits per heavy atom. The lowest BCUT2D eigenvalue weighted by Crippen LogP contribution is -2.51. The fourth-order valence-electron chi connectivity index (χ4n) is 3.07. The Morgan fingerprint density at radius 2 is 2.20 bits per heavy atom. The third-order valence-corrected chi connectivity index (χ3v) is 4.63. The van der Waals surface area contributed by atoms with Crippen molar-refractivity contribution in [3.63, 3.8) is 0 Å². The molecule has 0 aromatic carbocycles. The van der Waals surface area contributed by atoms with Gasteiger partial charge < -0.3 is 20.3 Å². The van der Waals surface area contributed by atoms with Gasteiger partial charge in [0.1, 0.15) is 0 Å². The predicted molar refractivity (Wildman–Crippen MR) is 79.6 cm³/mol. The smallest absolute Gasteiger partial charge is 0.227 e. The quantitative estimate of drug-likeness (QED) is 0.776. The third kappa shape index (κ3) is 3.93. The molecule has 5 heteroatoms. The average Bonchev–Trinajstić information content (AvgIpc) is 2.89. The number of piperidine rings is 1. The Balaban J connectivity index is 1.81. The van der Waals surface area contributed by atoms with E-state index in [1.165, 1.54) is 0 Å². The van der Waals surface area contributed by atoms with Crippen LogP contribution in [0.2, 0.25) is 0 Å². The molecule has 5 nitrogen and oxygen atoms in total. The van der Waals surface area contributed by atoms with Crippen molar-refractivity contribution in [2.75, 3.05) is 33.4 Å². The van der Waals surface area contributed by atoms with Crippen LogP contribution in [0.15, 0.2) is 0 Å². The average molecular weight is 283 g/mol. The summed E-state index contributed by atoms with van der Waals surface area (Å²) in [6, 6.07) is 1.04. The molecular formula is C15H29N3O2. The lowest BCUT2D eigenvalue weighted by Gasteiger charge is -2.36. The van der Waals surface area contributed by atoms with Crippen LogP contribution in [0.4, 0.5) is 0 Å². The van der Waals surface area contributed by atoms with E-state index in [1.807, 2.05) is 0 Å². The van der Waals surface area contributed by atoms with Gasteiger partial charge in [-0.25, -0.2) is 0 Å². The van der Waals surface area contributed by atoms with Crippen LogP contribution in [0.5, 0.6) is 0 Å². The number of hydrogen-bond donors (Lipinski definition) is 2. The molecule has 0 aromatic rings. The van der Waals surface area contributed by atoms with Gasteiger partial charge in [0.15, 0.2) is 0 Å². The first-order chi connectivity index (χ1) is 9.61. The first-order valence-corrected chi connectivity index (χ1v) is 7.93. The molecule has 2 rings (SSSR count). The number of amides is 1. The second-order valence-electron chi connectivity index (χ2n) is 6.26. The fourth-order valence-corrected chi connectivity index (χ4v) is 3.07. The Labute approximate surface area is 122 Å².